The topological polar surface area (TPSA) is 32.3 Å². The SMILES string of the molecule is Oc1ccc(C2CCNc3c(F)cccc32)cc1. The van der Waals surface area contributed by atoms with Gasteiger partial charge in [-0.1, -0.05) is 24.3 Å². The number of fused-ring (bicyclic) bond motifs is 1. The van der Waals surface area contributed by atoms with E-state index in [0.29, 0.717) is 5.69 Å². The average molecular weight is 243 g/mol. The molecule has 0 fully saturated rings. The van der Waals surface area contributed by atoms with E-state index >= 15 is 0 Å². The highest BCUT2D eigenvalue weighted by Gasteiger charge is 2.23. The maximum Gasteiger partial charge on any atom is 0.146 e. The molecule has 1 unspecified atom stereocenters. The zero-order valence-electron chi connectivity index (χ0n) is 9.86. The first kappa shape index (κ1) is 11.1. The smallest absolute Gasteiger partial charge is 0.146 e. The maximum atomic E-state index is 13.7. The summed E-state index contributed by atoms with van der Waals surface area (Å²) in [6.45, 7) is 0.763. The third kappa shape index (κ3) is 1.82. The van der Waals surface area contributed by atoms with Crippen LogP contribution in [0.3, 0.4) is 0 Å². The Morgan fingerprint density at radius 1 is 1.11 bits per heavy atom. The molecule has 0 radical (unpaired) electrons. The van der Waals surface area contributed by atoms with Gasteiger partial charge in [0, 0.05) is 12.5 Å². The summed E-state index contributed by atoms with van der Waals surface area (Å²) in [5, 5.41) is 12.4. The first-order valence-corrected chi connectivity index (χ1v) is 6.07. The van der Waals surface area contributed by atoms with Crippen molar-refractivity contribution in [1.29, 1.82) is 0 Å². The summed E-state index contributed by atoms with van der Waals surface area (Å²) in [5.74, 6) is 0.251. The first-order chi connectivity index (χ1) is 8.75. The van der Waals surface area contributed by atoms with Gasteiger partial charge in [0.1, 0.15) is 11.6 Å². The van der Waals surface area contributed by atoms with Gasteiger partial charge < -0.3 is 10.4 Å². The maximum absolute atomic E-state index is 13.7. The molecule has 0 aliphatic carbocycles. The third-order valence-corrected chi connectivity index (χ3v) is 3.45. The van der Waals surface area contributed by atoms with Crippen molar-refractivity contribution in [3.63, 3.8) is 0 Å². The first-order valence-electron chi connectivity index (χ1n) is 6.07. The monoisotopic (exact) mass is 243 g/mol. The fourth-order valence-electron chi connectivity index (χ4n) is 2.57. The van der Waals surface area contributed by atoms with E-state index in [2.05, 4.69) is 5.32 Å². The van der Waals surface area contributed by atoms with Crippen LogP contribution in [0.5, 0.6) is 5.75 Å². The molecule has 2 aromatic rings. The van der Waals surface area contributed by atoms with E-state index in [4.69, 9.17) is 0 Å². The van der Waals surface area contributed by atoms with E-state index in [1.54, 1.807) is 18.2 Å². The predicted octanol–water partition coefficient (Wildman–Crippen LogP) is 3.48. The van der Waals surface area contributed by atoms with Gasteiger partial charge in [0.25, 0.3) is 0 Å². The fraction of sp³-hybridized carbons (Fsp3) is 0.200. The Bertz CT molecular complexity index is 565. The van der Waals surface area contributed by atoms with Crippen molar-refractivity contribution in [3.05, 3.63) is 59.4 Å². The molecule has 1 aliphatic heterocycles. The molecule has 18 heavy (non-hydrogen) atoms. The molecule has 1 atom stereocenters. The minimum absolute atomic E-state index is 0.192. The average Bonchev–Trinajstić information content (AvgIpc) is 2.40. The van der Waals surface area contributed by atoms with Crippen LogP contribution in [0, 0.1) is 5.82 Å². The highest BCUT2D eigenvalue weighted by molar-refractivity contribution is 5.58. The van der Waals surface area contributed by atoms with Crippen molar-refractivity contribution in [2.45, 2.75) is 12.3 Å². The molecular weight excluding hydrogens is 229 g/mol. The summed E-state index contributed by atoms with van der Waals surface area (Å²) in [5.41, 5.74) is 2.72. The van der Waals surface area contributed by atoms with Gasteiger partial charge >= 0.3 is 0 Å². The Kier molecular flexibility index (Phi) is 2.67. The number of halogens is 1. The highest BCUT2D eigenvalue weighted by atomic mass is 19.1. The molecule has 0 saturated heterocycles. The van der Waals surface area contributed by atoms with Crippen LogP contribution in [0.1, 0.15) is 23.5 Å². The molecule has 2 nitrogen and oxygen atoms in total. The number of para-hydroxylation sites is 1. The van der Waals surface area contributed by atoms with Gasteiger partial charge in [-0.3, -0.25) is 0 Å². The van der Waals surface area contributed by atoms with Crippen molar-refractivity contribution >= 4 is 5.69 Å². The Morgan fingerprint density at radius 3 is 2.67 bits per heavy atom. The summed E-state index contributed by atoms with van der Waals surface area (Å²) >= 11 is 0. The Hall–Kier alpha value is -2.03. The lowest BCUT2D eigenvalue weighted by molar-refractivity contribution is 0.475. The van der Waals surface area contributed by atoms with Crippen LogP contribution in [0.2, 0.25) is 0 Å². The van der Waals surface area contributed by atoms with Gasteiger partial charge in [-0.15, -0.1) is 0 Å². The lowest BCUT2D eigenvalue weighted by Gasteiger charge is -2.27. The second-order valence-electron chi connectivity index (χ2n) is 4.56. The standard InChI is InChI=1S/C15H14FNO/c16-14-3-1-2-13-12(8-9-17-15(13)14)10-4-6-11(18)7-5-10/h1-7,12,17-18H,8-9H2. The van der Waals surface area contributed by atoms with Crippen LogP contribution in [-0.2, 0) is 0 Å². The predicted molar refractivity (Wildman–Crippen MR) is 69.5 cm³/mol. The number of benzene rings is 2. The summed E-state index contributed by atoms with van der Waals surface area (Å²) in [6, 6.07) is 12.3. The number of anilines is 1. The Balaban J connectivity index is 2.06. The zero-order chi connectivity index (χ0) is 12.5. The Labute approximate surface area is 105 Å². The normalized spacial score (nSPS) is 17.9. The molecule has 0 spiro atoms. The number of phenols is 1. The van der Waals surface area contributed by atoms with E-state index in [9.17, 15) is 9.50 Å². The second kappa shape index (κ2) is 4.33. The number of aromatic hydroxyl groups is 1. The molecule has 3 rings (SSSR count). The van der Waals surface area contributed by atoms with Crippen LogP contribution in [0.4, 0.5) is 10.1 Å². The minimum atomic E-state index is -0.198. The van der Waals surface area contributed by atoms with Gasteiger partial charge in [-0.25, -0.2) is 4.39 Å². The van der Waals surface area contributed by atoms with Crippen molar-refractivity contribution in [3.8, 4) is 5.75 Å². The molecule has 92 valence electrons. The molecule has 0 bridgehead atoms. The molecule has 2 aromatic carbocycles. The van der Waals surface area contributed by atoms with Crippen molar-refractivity contribution in [2.75, 3.05) is 11.9 Å². The largest absolute Gasteiger partial charge is 0.508 e. The van der Waals surface area contributed by atoms with E-state index in [-0.39, 0.29) is 17.5 Å². The van der Waals surface area contributed by atoms with E-state index in [1.165, 1.54) is 6.07 Å². The zero-order valence-corrected chi connectivity index (χ0v) is 9.86. The lowest BCUT2D eigenvalue weighted by Crippen LogP contribution is -2.18. The number of hydrogen-bond donors (Lipinski definition) is 2. The molecule has 0 saturated carbocycles. The molecule has 2 N–H and O–H groups in total. The second-order valence-corrected chi connectivity index (χ2v) is 4.56. The highest BCUT2D eigenvalue weighted by Crippen LogP contribution is 2.37. The van der Waals surface area contributed by atoms with Crippen LogP contribution < -0.4 is 5.32 Å². The number of phenolic OH excluding ortho intramolecular Hbond substituents is 1. The van der Waals surface area contributed by atoms with E-state index in [0.717, 1.165) is 24.1 Å². The van der Waals surface area contributed by atoms with Crippen LogP contribution in [0.25, 0.3) is 0 Å². The van der Waals surface area contributed by atoms with Gasteiger partial charge in [-0.2, -0.15) is 0 Å². The van der Waals surface area contributed by atoms with Gasteiger partial charge in [-0.05, 0) is 35.7 Å². The fourth-order valence-corrected chi connectivity index (χ4v) is 2.57. The summed E-state index contributed by atoms with van der Waals surface area (Å²) in [7, 11) is 0. The number of nitrogens with one attached hydrogen (secondary N) is 1. The minimum Gasteiger partial charge on any atom is -0.508 e. The van der Waals surface area contributed by atoms with E-state index in [1.807, 2.05) is 18.2 Å². The van der Waals surface area contributed by atoms with Crippen molar-refractivity contribution in [1.82, 2.24) is 0 Å². The summed E-state index contributed by atoms with van der Waals surface area (Å²) in [4.78, 5) is 0. The third-order valence-electron chi connectivity index (χ3n) is 3.45. The van der Waals surface area contributed by atoms with Crippen LogP contribution in [-0.4, -0.2) is 11.7 Å². The molecule has 1 aliphatic rings. The number of hydrogen-bond acceptors (Lipinski definition) is 2. The Morgan fingerprint density at radius 2 is 1.89 bits per heavy atom. The molecule has 0 amide bonds. The molecular formula is C15H14FNO. The summed E-state index contributed by atoms with van der Waals surface area (Å²) in [6.07, 6.45) is 0.932. The van der Waals surface area contributed by atoms with Crippen molar-refractivity contribution < 1.29 is 9.50 Å². The molecule has 3 heteroatoms. The summed E-state index contributed by atoms with van der Waals surface area (Å²) < 4.78 is 13.7. The van der Waals surface area contributed by atoms with Crippen LogP contribution >= 0.6 is 0 Å². The quantitative estimate of drug-likeness (QED) is 0.803. The lowest BCUT2D eigenvalue weighted by atomic mass is 9.85. The van der Waals surface area contributed by atoms with Gasteiger partial charge in [0.05, 0.1) is 5.69 Å². The molecule has 1 heterocycles. The van der Waals surface area contributed by atoms with Gasteiger partial charge in [0.15, 0.2) is 0 Å². The van der Waals surface area contributed by atoms with Crippen LogP contribution in [0.15, 0.2) is 42.5 Å². The van der Waals surface area contributed by atoms with E-state index < -0.39 is 0 Å². The van der Waals surface area contributed by atoms with Gasteiger partial charge in [0.2, 0.25) is 0 Å². The number of rotatable bonds is 1. The van der Waals surface area contributed by atoms with Crippen molar-refractivity contribution in [2.24, 2.45) is 0 Å². The molecule has 0 aromatic heterocycles.